The number of nitrogens with zero attached hydrogens (tertiary/aromatic N) is 2. The molecule has 2 rings (SSSR count). The van der Waals surface area contributed by atoms with Crippen molar-refractivity contribution in [3.8, 4) is 0 Å². The molecule has 0 spiro atoms. The summed E-state index contributed by atoms with van der Waals surface area (Å²) in [5, 5.41) is 10.0. The topological polar surface area (TPSA) is 126 Å². The molecule has 0 aromatic carbocycles. The van der Waals surface area contributed by atoms with E-state index in [1.54, 1.807) is 0 Å². The van der Waals surface area contributed by atoms with Crippen molar-refractivity contribution in [1.29, 1.82) is 0 Å². The van der Waals surface area contributed by atoms with Crippen molar-refractivity contribution < 1.29 is 23.8 Å². The SMILES string of the molecule is CCSCCCCCCCCCCCC(=O)O[C@H]1[C@H](O[Si](C)(C)C(C)(C)C)[C@@H](CO)O[C@H]1n1ccc(N)nc1=O. The third kappa shape index (κ3) is 10.8. The van der Waals surface area contributed by atoms with Crippen LogP contribution in [0.2, 0.25) is 18.1 Å². The van der Waals surface area contributed by atoms with Gasteiger partial charge < -0.3 is 24.7 Å². The summed E-state index contributed by atoms with van der Waals surface area (Å²) in [5.74, 6) is 2.21. The van der Waals surface area contributed by atoms with Crippen LogP contribution in [-0.2, 0) is 18.7 Å². The minimum atomic E-state index is -2.34. The molecule has 2 heterocycles. The zero-order valence-corrected chi connectivity index (χ0v) is 27.3. The van der Waals surface area contributed by atoms with Gasteiger partial charge in [-0.15, -0.1) is 0 Å². The number of aliphatic hydroxyl groups excluding tert-OH is 1. The molecule has 230 valence electrons. The van der Waals surface area contributed by atoms with Crippen LogP contribution < -0.4 is 11.4 Å². The fraction of sp³-hybridized carbons (Fsp3) is 0.828. The Labute approximate surface area is 246 Å². The number of rotatable bonds is 18. The number of aromatic nitrogens is 2. The predicted octanol–water partition coefficient (Wildman–Crippen LogP) is 5.67. The average molecular weight is 600 g/mol. The highest BCUT2D eigenvalue weighted by Gasteiger charge is 2.52. The first-order valence-corrected chi connectivity index (χ1v) is 19.0. The third-order valence-corrected chi connectivity index (χ3v) is 13.4. The first-order chi connectivity index (χ1) is 18.9. The summed E-state index contributed by atoms with van der Waals surface area (Å²) in [6, 6.07) is 1.49. The lowest BCUT2D eigenvalue weighted by atomic mass is 10.1. The van der Waals surface area contributed by atoms with Gasteiger partial charge in [0.2, 0.25) is 0 Å². The van der Waals surface area contributed by atoms with Crippen LogP contribution in [0, 0.1) is 0 Å². The summed E-state index contributed by atoms with van der Waals surface area (Å²) in [5.41, 5.74) is 5.06. The van der Waals surface area contributed by atoms with Gasteiger partial charge in [-0.05, 0) is 48.5 Å². The standard InChI is InChI=1S/C29H53N3O6SSi/c1-7-39-20-16-14-12-10-8-9-11-13-15-17-24(34)37-26-25(38-40(5,6)29(2,3)4)22(21-33)36-27(26)32-19-18-23(30)31-28(32)35/h18-19,22,25-27,33H,7-17,20-21H2,1-6H3,(H2,30,31,35)/t22-,25-,26+,27-/m1/s1. The average Bonchev–Trinajstić information content (AvgIpc) is 3.20. The highest BCUT2D eigenvalue weighted by molar-refractivity contribution is 7.99. The molecule has 9 nitrogen and oxygen atoms in total. The largest absolute Gasteiger partial charge is 0.455 e. The summed E-state index contributed by atoms with van der Waals surface area (Å²) < 4.78 is 19.9. The summed E-state index contributed by atoms with van der Waals surface area (Å²) in [6.45, 7) is 12.4. The maximum absolute atomic E-state index is 13.0. The summed E-state index contributed by atoms with van der Waals surface area (Å²) in [7, 11) is -2.34. The molecule has 0 saturated carbocycles. The van der Waals surface area contributed by atoms with E-state index in [4.69, 9.17) is 19.6 Å². The number of thioether (sulfide) groups is 1. The van der Waals surface area contributed by atoms with E-state index >= 15 is 0 Å². The van der Waals surface area contributed by atoms with Gasteiger partial charge in [-0.1, -0.05) is 72.6 Å². The van der Waals surface area contributed by atoms with Gasteiger partial charge in [-0.2, -0.15) is 16.7 Å². The van der Waals surface area contributed by atoms with Crippen LogP contribution in [0.3, 0.4) is 0 Å². The fourth-order valence-corrected chi connectivity index (χ4v) is 6.57. The summed E-state index contributed by atoms with van der Waals surface area (Å²) >= 11 is 2.02. The monoisotopic (exact) mass is 599 g/mol. The molecular weight excluding hydrogens is 546 g/mol. The zero-order valence-electron chi connectivity index (χ0n) is 25.5. The number of carbonyl (C=O) groups is 1. The van der Waals surface area contributed by atoms with Gasteiger partial charge in [0.05, 0.1) is 6.61 Å². The number of aliphatic hydroxyl groups is 1. The highest BCUT2D eigenvalue weighted by Crippen LogP contribution is 2.42. The Balaban J connectivity index is 1.96. The molecule has 0 unspecified atom stereocenters. The molecule has 0 bridgehead atoms. The lowest BCUT2D eigenvalue weighted by Gasteiger charge is -2.40. The van der Waals surface area contributed by atoms with Gasteiger partial charge in [-0.25, -0.2) is 4.79 Å². The van der Waals surface area contributed by atoms with Crippen molar-refractivity contribution in [2.75, 3.05) is 23.8 Å². The maximum atomic E-state index is 13.0. The molecule has 11 heteroatoms. The van der Waals surface area contributed by atoms with Gasteiger partial charge in [0.15, 0.2) is 20.6 Å². The number of carbonyl (C=O) groups excluding carboxylic acids is 1. The number of nitrogen functional groups attached to an aromatic ring is 1. The molecule has 3 N–H and O–H groups in total. The molecule has 1 aromatic rings. The van der Waals surface area contributed by atoms with Gasteiger partial charge in [-0.3, -0.25) is 9.36 Å². The van der Waals surface area contributed by atoms with E-state index in [1.165, 1.54) is 66.9 Å². The minimum Gasteiger partial charge on any atom is -0.455 e. The molecule has 1 fully saturated rings. The van der Waals surface area contributed by atoms with E-state index in [0.29, 0.717) is 0 Å². The fourth-order valence-electron chi connectivity index (χ4n) is 4.55. The van der Waals surface area contributed by atoms with E-state index in [0.717, 1.165) is 19.3 Å². The van der Waals surface area contributed by atoms with Crippen molar-refractivity contribution in [3.05, 3.63) is 22.7 Å². The zero-order chi connectivity index (χ0) is 29.8. The van der Waals surface area contributed by atoms with Gasteiger partial charge in [0, 0.05) is 12.6 Å². The van der Waals surface area contributed by atoms with Gasteiger partial charge >= 0.3 is 11.7 Å². The number of anilines is 1. The first kappa shape index (κ1) is 34.8. The molecule has 40 heavy (non-hydrogen) atoms. The second kappa shape index (κ2) is 16.9. The number of hydrogen-bond acceptors (Lipinski definition) is 9. The van der Waals surface area contributed by atoms with Crippen molar-refractivity contribution in [2.45, 2.75) is 135 Å². The quantitative estimate of drug-likeness (QED) is 0.125. The number of ether oxygens (including phenoxy) is 2. The van der Waals surface area contributed by atoms with Crippen molar-refractivity contribution >= 4 is 31.9 Å². The molecule has 0 amide bonds. The Morgan fingerprint density at radius 2 is 1.70 bits per heavy atom. The minimum absolute atomic E-state index is 0.0895. The van der Waals surface area contributed by atoms with E-state index in [1.807, 2.05) is 11.8 Å². The second-order valence-electron chi connectivity index (χ2n) is 12.2. The van der Waals surface area contributed by atoms with Crippen molar-refractivity contribution in [1.82, 2.24) is 9.55 Å². The highest BCUT2D eigenvalue weighted by atomic mass is 32.2. The molecule has 1 saturated heterocycles. The van der Waals surface area contributed by atoms with Crippen LogP contribution in [0.4, 0.5) is 5.82 Å². The van der Waals surface area contributed by atoms with E-state index in [2.05, 4.69) is 45.8 Å². The molecule has 1 aliphatic heterocycles. The molecule has 4 atom stereocenters. The van der Waals surface area contributed by atoms with Crippen LogP contribution in [0.5, 0.6) is 0 Å². The first-order valence-electron chi connectivity index (χ1n) is 15.0. The lowest BCUT2D eigenvalue weighted by Crippen LogP contribution is -2.50. The predicted molar refractivity (Wildman–Crippen MR) is 165 cm³/mol. The van der Waals surface area contributed by atoms with Crippen LogP contribution in [0.15, 0.2) is 17.1 Å². The maximum Gasteiger partial charge on any atom is 0.351 e. The van der Waals surface area contributed by atoms with Crippen LogP contribution in [-0.4, -0.2) is 65.4 Å². The number of esters is 1. The van der Waals surface area contributed by atoms with E-state index < -0.39 is 38.5 Å². The molecular formula is C29H53N3O6SSi. The smallest absolute Gasteiger partial charge is 0.351 e. The summed E-state index contributed by atoms with van der Waals surface area (Å²) in [6.07, 6.45) is 8.87. The van der Waals surface area contributed by atoms with Crippen molar-refractivity contribution in [3.63, 3.8) is 0 Å². The van der Waals surface area contributed by atoms with Gasteiger partial charge in [0.1, 0.15) is 18.0 Å². The molecule has 0 aliphatic carbocycles. The second-order valence-corrected chi connectivity index (χ2v) is 18.4. The van der Waals surface area contributed by atoms with Crippen LogP contribution in [0.25, 0.3) is 0 Å². The van der Waals surface area contributed by atoms with Crippen LogP contribution >= 0.6 is 11.8 Å². The number of nitrogens with two attached hydrogens (primary N) is 1. The Morgan fingerprint density at radius 3 is 2.25 bits per heavy atom. The normalized spacial score (nSPS) is 21.6. The van der Waals surface area contributed by atoms with E-state index in [9.17, 15) is 14.7 Å². The number of unbranched alkanes of at least 4 members (excludes halogenated alkanes) is 8. The van der Waals surface area contributed by atoms with Crippen LogP contribution in [0.1, 0.15) is 98.1 Å². The summed E-state index contributed by atoms with van der Waals surface area (Å²) in [4.78, 5) is 29.5. The van der Waals surface area contributed by atoms with Crippen molar-refractivity contribution in [2.24, 2.45) is 0 Å². The Hall–Kier alpha value is -1.40. The Bertz CT molecular complexity index is 954. The molecule has 1 aliphatic rings. The Morgan fingerprint density at radius 1 is 1.10 bits per heavy atom. The lowest BCUT2D eigenvalue weighted by molar-refractivity contribution is -0.158. The molecule has 1 aromatic heterocycles. The van der Waals surface area contributed by atoms with Gasteiger partial charge in [0.25, 0.3) is 0 Å². The molecule has 0 radical (unpaired) electrons. The number of hydrogen-bond donors (Lipinski definition) is 2. The Kier molecular flexibility index (Phi) is 14.7. The third-order valence-electron chi connectivity index (χ3n) is 7.97. The van der Waals surface area contributed by atoms with E-state index in [-0.39, 0.29) is 29.9 Å².